The minimum atomic E-state index is -0.656. The van der Waals surface area contributed by atoms with Gasteiger partial charge in [0.1, 0.15) is 17.5 Å². The number of halogens is 1. The highest BCUT2D eigenvalue weighted by molar-refractivity contribution is 7.16. The standard InChI is InChI=1S/C21H23FN2O2S/c1-23(2)13-6-7-14(15(22)12-13)18-20(25)19(21(18)26)16-8-9-17(27-16)24-10-4-3-5-11-24/h6-9,12,19,25H,3-5,10-11H2,1-2H3. The third-order valence-electron chi connectivity index (χ3n) is 5.34. The first-order chi connectivity index (χ1) is 13.0. The number of aliphatic hydroxyl groups is 1. The number of carbonyl (C=O) groups excluding carboxylic acids is 1. The van der Waals surface area contributed by atoms with E-state index >= 15 is 0 Å². The highest BCUT2D eigenvalue weighted by Gasteiger charge is 2.43. The maximum Gasteiger partial charge on any atom is 0.182 e. The Hall–Kier alpha value is -2.34. The number of hydrogen-bond donors (Lipinski definition) is 1. The molecular weight excluding hydrogens is 363 g/mol. The van der Waals surface area contributed by atoms with Crippen LogP contribution in [-0.2, 0) is 4.79 Å². The number of nitrogens with zero attached hydrogens (tertiary/aromatic N) is 2. The molecule has 2 aromatic rings. The van der Waals surface area contributed by atoms with E-state index < -0.39 is 11.7 Å². The minimum absolute atomic E-state index is 0.0245. The van der Waals surface area contributed by atoms with Gasteiger partial charge in [0.15, 0.2) is 5.78 Å². The summed E-state index contributed by atoms with van der Waals surface area (Å²) in [6, 6.07) is 8.64. The second-order valence-electron chi connectivity index (χ2n) is 7.34. The lowest BCUT2D eigenvalue weighted by molar-refractivity contribution is -0.116. The lowest BCUT2D eigenvalue weighted by atomic mass is 9.77. The van der Waals surface area contributed by atoms with E-state index in [0.29, 0.717) is 5.69 Å². The predicted molar refractivity (Wildman–Crippen MR) is 108 cm³/mol. The van der Waals surface area contributed by atoms with Gasteiger partial charge in [-0.05, 0) is 49.6 Å². The van der Waals surface area contributed by atoms with E-state index in [1.54, 1.807) is 28.4 Å². The largest absolute Gasteiger partial charge is 0.510 e. The summed E-state index contributed by atoms with van der Waals surface area (Å²) in [5.74, 6) is -1.38. The smallest absolute Gasteiger partial charge is 0.182 e. The fourth-order valence-corrected chi connectivity index (χ4v) is 4.92. The highest BCUT2D eigenvalue weighted by atomic mass is 32.1. The molecular formula is C21H23FN2O2S. The molecule has 0 bridgehead atoms. The molecule has 0 radical (unpaired) electrons. The number of ketones is 1. The van der Waals surface area contributed by atoms with Crippen LogP contribution in [0.15, 0.2) is 36.1 Å². The van der Waals surface area contributed by atoms with Crippen molar-refractivity contribution in [2.24, 2.45) is 0 Å². The van der Waals surface area contributed by atoms with Gasteiger partial charge in [-0.1, -0.05) is 0 Å². The summed E-state index contributed by atoms with van der Waals surface area (Å²) in [4.78, 5) is 17.7. The monoisotopic (exact) mass is 386 g/mol. The average molecular weight is 386 g/mol. The molecule has 6 heteroatoms. The van der Waals surface area contributed by atoms with E-state index in [2.05, 4.69) is 4.90 Å². The molecule has 1 unspecified atom stereocenters. The summed E-state index contributed by atoms with van der Waals surface area (Å²) < 4.78 is 14.5. The van der Waals surface area contributed by atoms with Crippen LogP contribution < -0.4 is 9.80 Å². The first-order valence-corrected chi connectivity index (χ1v) is 10.1. The number of benzene rings is 1. The zero-order valence-electron chi connectivity index (χ0n) is 15.5. The Balaban J connectivity index is 1.60. The summed E-state index contributed by atoms with van der Waals surface area (Å²) in [6.45, 7) is 2.07. The van der Waals surface area contributed by atoms with Gasteiger partial charge in [-0.2, -0.15) is 0 Å². The molecule has 1 atom stereocenters. The molecule has 0 spiro atoms. The molecule has 1 N–H and O–H groups in total. The van der Waals surface area contributed by atoms with Gasteiger partial charge in [-0.25, -0.2) is 4.39 Å². The van der Waals surface area contributed by atoms with Gasteiger partial charge >= 0.3 is 0 Å². The van der Waals surface area contributed by atoms with Crippen LogP contribution >= 0.6 is 11.3 Å². The first-order valence-electron chi connectivity index (χ1n) is 9.26. The van der Waals surface area contributed by atoms with Gasteiger partial charge in [0, 0.05) is 43.3 Å². The molecule has 1 aromatic heterocycles. The van der Waals surface area contributed by atoms with Gasteiger partial charge in [0.25, 0.3) is 0 Å². The highest BCUT2D eigenvalue weighted by Crippen LogP contribution is 2.47. The number of hydrogen-bond acceptors (Lipinski definition) is 5. The predicted octanol–water partition coefficient (Wildman–Crippen LogP) is 4.58. The van der Waals surface area contributed by atoms with Crippen LogP contribution in [0.5, 0.6) is 0 Å². The number of carbonyl (C=O) groups is 1. The van der Waals surface area contributed by atoms with Crippen LogP contribution in [0.1, 0.15) is 35.6 Å². The lowest BCUT2D eigenvalue weighted by Gasteiger charge is -2.29. The van der Waals surface area contributed by atoms with E-state index in [0.717, 1.165) is 23.0 Å². The van der Waals surface area contributed by atoms with Crippen molar-refractivity contribution in [1.29, 1.82) is 0 Å². The fourth-order valence-electron chi connectivity index (χ4n) is 3.76. The summed E-state index contributed by atoms with van der Waals surface area (Å²) in [5, 5.41) is 11.7. The van der Waals surface area contributed by atoms with E-state index in [9.17, 15) is 14.3 Å². The Morgan fingerprint density at radius 2 is 1.89 bits per heavy atom. The molecule has 0 amide bonds. The molecule has 2 aliphatic rings. The number of allylic oxidation sites excluding steroid dienone is 2. The zero-order valence-corrected chi connectivity index (χ0v) is 16.4. The van der Waals surface area contributed by atoms with Crippen molar-refractivity contribution in [3.63, 3.8) is 0 Å². The van der Waals surface area contributed by atoms with Gasteiger partial charge < -0.3 is 14.9 Å². The van der Waals surface area contributed by atoms with Gasteiger partial charge in [0.05, 0.1) is 10.6 Å². The Morgan fingerprint density at radius 1 is 1.15 bits per heavy atom. The molecule has 4 nitrogen and oxygen atoms in total. The van der Waals surface area contributed by atoms with Crippen molar-refractivity contribution >= 4 is 33.4 Å². The van der Waals surface area contributed by atoms with E-state index in [-0.39, 0.29) is 22.7 Å². The SMILES string of the molecule is CN(C)c1ccc(C2=C(O)C(c3ccc(N4CCCCC4)s3)C2=O)c(F)c1. The second-order valence-corrected chi connectivity index (χ2v) is 8.43. The van der Waals surface area contributed by atoms with Crippen LogP contribution in [0.3, 0.4) is 0 Å². The van der Waals surface area contributed by atoms with Crippen LogP contribution in [0.2, 0.25) is 0 Å². The third-order valence-corrected chi connectivity index (χ3v) is 6.55. The Bertz CT molecular complexity index is 913. The number of anilines is 2. The quantitative estimate of drug-likeness (QED) is 0.835. The van der Waals surface area contributed by atoms with E-state index in [1.807, 2.05) is 26.2 Å². The van der Waals surface area contributed by atoms with Crippen LogP contribution in [0.25, 0.3) is 5.57 Å². The molecule has 4 rings (SSSR count). The Kier molecular flexibility index (Phi) is 4.68. The van der Waals surface area contributed by atoms with Crippen molar-refractivity contribution in [2.45, 2.75) is 25.2 Å². The second kappa shape index (κ2) is 7.00. The van der Waals surface area contributed by atoms with Crippen molar-refractivity contribution in [3.8, 4) is 0 Å². The van der Waals surface area contributed by atoms with Crippen molar-refractivity contribution in [2.75, 3.05) is 37.0 Å². The normalized spacial score (nSPS) is 20.0. The van der Waals surface area contributed by atoms with Crippen LogP contribution in [-0.4, -0.2) is 38.1 Å². The van der Waals surface area contributed by atoms with Gasteiger partial charge in [-0.15, -0.1) is 11.3 Å². The molecule has 1 aliphatic heterocycles. The number of piperidine rings is 1. The maximum absolute atomic E-state index is 14.5. The van der Waals surface area contributed by atoms with Gasteiger partial charge in [-0.3, -0.25) is 4.79 Å². The molecule has 1 fully saturated rings. The molecule has 2 heterocycles. The van der Waals surface area contributed by atoms with Gasteiger partial charge in [0.2, 0.25) is 0 Å². The van der Waals surface area contributed by atoms with E-state index in [4.69, 9.17) is 0 Å². The number of aliphatic hydroxyl groups excluding tert-OH is 1. The Morgan fingerprint density at radius 3 is 2.52 bits per heavy atom. The number of thiophene rings is 1. The molecule has 1 aliphatic carbocycles. The van der Waals surface area contributed by atoms with Crippen LogP contribution in [0.4, 0.5) is 15.1 Å². The molecule has 27 heavy (non-hydrogen) atoms. The summed E-state index contributed by atoms with van der Waals surface area (Å²) >= 11 is 1.55. The number of Topliss-reactive ketones (excluding diaryl/α,β-unsaturated/α-hetero) is 1. The van der Waals surface area contributed by atoms with Crippen LogP contribution in [0, 0.1) is 5.82 Å². The Labute approximate surface area is 162 Å². The summed E-state index contributed by atoms with van der Waals surface area (Å²) in [7, 11) is 3.65. The summed E-state index contributed by atoms with van der Waals surface area (Å²) in [6.07, 6.45) is 3.64. The minimum Gasteiger partial charge on any atom is -0.510 e. The van der Waals surface area contributed by atoms with E-state index in [1.165, 1.54) is 25.3 Å². The average Bonchev–Trinajstić information content (AvgIpc) is 3.13. The maximum atomic E-state index is 14.5. The fraction of sp³-hybridized carbons (Fsp3) is 0.381. The zero-order chi connectivity index (χ0) is 19.1. The first kappa shape index (κ1) is 18.0. The topological polar surface area (TPSA) is 43.8 Å². The third kappa shape index (κ3) is 3.12. The lowest BCUT2D eigenvalue weighted by Crippen LogP contribution is -2.29. The van der Waals surface area contributed by atoms with Crippen molar-refractivity contribution in [1.82, 2.24) is 0 Å². The molecule has 1 saturated heterocycles. The molecule has 1 aromatic carbocycles. The summed E-state index contributed by atoms with van der Waals surface area (Å²) in [5.41, 5.74) is 0.993. The molecule has 142 valence electrons. The van der Waals surface area contributed by atoms with Crippen molar-refractivity contribution in [3.05, 3.63) is 52.3 Å². The molecule has 0 saturated carbocycles. The number of rotatable bonds is 4. The van der Waals surface area contributed by atoms with Crippen molar-refractivity contribution < 1.29 is 14.3 Å².